The molecular formula is C9H20N2S. The summed E-state index contributed by atoms with van der Waals surface area (Å²) in [6.07, 6.45) is 1.32. The number of rotatable bonds is 3. The normalized spacial score (nSPS) is 26.5. The predicted octanol–water partition coefficient (Wildman–Crippen LogP) is 1.16. The van der Waals surface area contributed by atoms with Crippen LogP contribution in [0.2, 0.25) is 0 Å². The summed E-state index contributed by atoms with van der Waals surface area (Å²) in [4.78, 5) is 2.39. The Bertz CT molecular complexity index is 147. The third-order valence-corrected chi connectivity index (χ3v) is 3.85. The fraction of sp³-hybridized carbons (Fsp3) is 1.00. The predicted molar refractivity (Wildman–Crippen MR) is 56.6 cm³/mol. The van der Waals surface area contributed by atoms with Gasteiger partial charge >= 0.3 is 0 Å². The molecule has 1 aliphatic heterocycles. The summed E-state index contributed by atoms with van der Waals surface area (Å²) < 4.78 is 0.260. The Morgan fingerprint density at radius 1 is 1.58 bits per heavy atom. The van der Waals surface area contributed by atoms with E-state index in [2.05, 4.69) is 25.8 Å². The van der Waals surface area contributed by atoms with Crippen LogP contribution >= 0.6 is 11.8 Å². The van der Waals surface area contributed by atoms with Gasteiger partial charge in [-0.3, -0.25) is 0 Å². The van der Waals surface area contributed by atoms with Gasteiger partial charge in [0, 0.05) is 23.1 Å². The van der Waals surface area contributed by atoms with Crippen LogP contribution in [0.25, 0.3) is 0 Å². The van der Waals surface area contributed by atoms with E-state index in [-0.39, 0.29) is 4.75 Å². The van der Waals surface area contributed by atoms with Crippen LogP contribution in [0.15, 0.2) is 0 Å². The Morgan fingerprint density at radius 3 is 2.67 bits per heavy atom. The largest absolute Gasteiger partial charge is 0.329 e. The monoisotopic (exact) mass is 188 g/mol. The first kappa shape index (κ1) is 10.4. The maximum Gasteiger partial charge on any atom is 0.0229 e. The van der Waals surface area contributed by atoms with Crippen molar-refractivity contribution in [1.29, 1.82) is 0 Å². The summed E-state index contributed by atoms with van der Waals surface area (Å²) in [5, 5.41) is 0.800. The van der Waals surface area contributed by atoms with Crippen LogP contribution in [0.3, 0.4) is 0 Å². The van der Waals surface area contributed by atoms with Crippen molar-refractivity contribution in [3.63, 3.8) is 0 Å². The quantitative estimate of drug-likeness (QED) is 0.721. The van der Waals surface area contributed by atoms with E-state index in [1.165, 1.54) is 19.5 Å². The number of hydrogen-bond acceptors (Lipinski definition) is 3. The highest BCUT2D eigenvalue weighted by atomic mass is 32.2. The van der Waals surface area contributed by atoms with Crippen LogP contribution in [-0.2, 0) is 0 Å². The van der Waals surface area contributed by atoms with Gasteiger partial charge in [0.1, 0.15) is 0 Å². The Labute approximate surface area is 79.9 Å². The molecule has 0 aliphatic carbocycles. The van der Waals surface area contributed by atoms with E-state index in [1.54, 1.807) is 0 Å². The maximum absolute atomic E-state index is 5.68. The Kier molecular flexibility index (Phi) is 3.44. The van der Waals surface area contributed by atoms with Gasteiger partial charge in [-0.05, 0) is 33.9 Å². The zero-order valence-electron chi connectivity index (χ0n) is 8.34. The fourth-order valence-corrected chi connectivity index (χ4v) is 3.04. The summed E-state index contributed by atoms with van der Waals surface area (Å²) in [5.74, 6) is 0. The molecule has 2 nitrogen and oxygen atoms in total. The first-order valence-electron chi connectivity index (χ1n) is 4.60. The van der Waals surface area contributed by atoms with Crippen molar-refractivity contribution in [1.82, 2.24) is 4.90 Å². The third kappa shape index (κ3) is 2.96. The van der Waals surface area contributed by atoms with Crippen molar-refractivity contribution >= 4 is 11.8 Å². The van der Waals surface area contributed by atoms with Crippen LogP contribution in [0.4, 0.5) is 0 Å². The minimum absolute atomic E-state index is 0.260. The van der Waals surface area contributed by atoms with E-state index in [0.717, 1.165) is 11.8 Å². The van der Waals surface area contributed by atoms with Crippen molar-refractivity contribution in [3.8, 4) is 0 Å². The maximum atomic E-state index is 5.68. The average Bonchev–Trinajstić information content (AvgIpc) is 2.35. The van der Waals surface area contributed by atoms with Crippen LogP contribution in [0.1, 0.15) is 20.3 Å². The minimum atomic E-state index is 0.260. The molecule has 0 spiro atoms. The second kappa shape index (κ2) is 3.99. The second-order valence-corrected chi connectivity index (χ2v) is 6.26. The lowest BCUT2D eigenvalue weighted by Gasteiger charge is -2.25. The SMILES string of the molecule is CN1CCC(SC(C)(C)CN)C1. The second-order valence-electron chi connectivity index (χ2n) is 4.25. The van der Waals surface area contributed by atoms with Gasteiger partial charge in [-0.1, -0.05) is 0 Å². The number of nitrogens with two attached hydrogens (primary N) is 1. The Balaban J connectivity index is 2.32. The molecule has 0 aromatic rings. The molecule has 0 bridgehead atoms. The number of thioether (sulfide) groups is 1. The lowest BCUT2D eigenvalue weighted by atomic mass is 10.2. The van der Waals surface area contributed by atoms with Gasteiger partial charge < -0.3 is 10.6 Å². The summed E-state index contributed by atoms with van der Waals surface area (Å²) in [7, 11) is 2.19. The Hall–Kier alpha value is 0.270. The lowest BCUT2D eigenvalue weighted by Crippen LogP contribution is -2.30. The smallest absolute Gasteiger partial charge is 0.0229 e. The van der Waals surface area contributed by atoms with Crippen molar-refractivity contribution in [2.75, 3.05) is 26.7 Å². The summed E-state index contributed by atoms with van der Waals surface area (Å²) >= 11 is 2.05. The van der Waals surface area contributed by atoms with E-state index in [4.69, 9.17) is 5.73 Å². The van der Waals surface area contributed by atoms with Crippen LogP contribution < -0.4 is 5.73 Å². The van der Waals surface area contributed by atoms with Gasteiger partial charge in [0.25, 0.3) is 0 Å². The molecule has 0 aromatic heterocycles. The minimum Gasteiger partial charge on any atom is -0.329 e. The molecular weight excluding hydrogens is 168 g/mol. The highest BCUT2D eigenvalue weighted by molar-refractivity contribution is 8.01. The van der Waals surface area contributed by atoms with E-state index >= 15 is 0 Å². The van der Waals surface area contributed by atoms with E-state index in [1.807, 2.05) is 11.8 Å². The summed E-state index contributed by atoms with van der Waals surface area (Å²) in [6.45, 7) is 7.72. The molecule has 0 saturated carbocycles. The Morgan fingerprint density at radius 2 is 2.25 bits per heavy atom. The lowest BCUT2D eigenvalue weighted by molar-refractivity contribution is 0.419. The summed E-state index contributed by atoms with van der Waals surface area (Å²) in [5.41, 5.74) is 5.68. The molecule has 12 heavy (non-hydrogen) atoms. The molecule has 1 heterocycles. The molecule has 0 aromatic carbocycles. The van der Waals surface area contributed by atoms with Gasteiger partial charge in [-0.25, -0.2) is 0 Å². The summed E-state index contributed by atoms with van der Waals surface area (Å²) in [6, 6.07) is 0. The molecule has 1 rings (SSSR count). The van der Waals surface area contributed by atoms with Crippen LogP contribution in [0.5, 0.6) is 0 Å². The van der Waals surface area contributed by atoms with E-state index in [9.17, 15) is 0 Å². The number of hydrogen-bond donors (Lipinski definition) is 1. The first-order valence-corrected chi connectivity index (χ1v) is 5.48. The van der Waals surface area contributed by atoms with E-state index < -0.39 is 0 Å². The molecule has 72 valence electrons. The highest BCUT2D eigenvalue weighted by Gasteiger charge is 2.26. The van der Waals surface area contributed by atoms with Crippen LogP contribution in [0, 0.1) is 0 Å². The topological polar surface area (TPSA) is 29.3 Å². The van der Waals surface area contributed by atoms with Crippen molar-refractivity contribution in [3.05, 3.63) is 0 Å². The molecule has 1 saturated heterocycles. The highest BCUT2D eigenvalue weighted by Crippen LogP contribution is 2.32. The van der Waals surface area contributed by atoms with E-state index in [0.29, 0.717) is 0 Å². The average molecular weight is 188 g/mol. The molecule has 3 heteroatoms. The molecule has 1 unspecified atom stereocenters. The zero-order chi connectivity index (χ0) is 9.19. The molecule has 1 fully saturated rings. The van der Waals surface area contributed by atoms with Gasteiger partial charge in [-0.2, -0.15) is 0 Å². The molecule has 1 atom stereocenters. The number of likely N-dealkylation sites (tertiary alicyclic amines) is 1. The van der Waals surface area contributed by atoms with Crippen molar-refractivity contribution in [2.45, 2.75) is 30.3 Å². The number of nitrogens with zero attached hydrogens (tertiary/aromatic N) is 1. The molecule has 0 radical (unpaired) electrons. The van der Waals surface area contributed by atoms with Gasteiger partial charge in [-0.15, -0.1) is 11.8 Å². The fourth-order valence-electron chi connectivity index (χ4n) is 1.49. The van der Waals surface area contributed by atoms with Gasteiger partial charge in [0.05, 0.1) is 0 Å². The zero-order valence-corrected chi connectivity index (χ0v) is 9.16. The molecule has 0 amide bonds. The first-order chi connectivity index (χ1) is 5.53. The third-order valence-electron chi connectivity index (χ3n) is 2.33. The van der Waals surface area contributed by atoms with Gasteiger partial charge in [0.15, 0.2) is 0 Å². The van der Waals surface area contributed by atoms with Gasteiger partial charge in [0.2, 0.25) is 0 Å². The molecule has 2 N–H and O–H groups in total. The van der Waals surface area contributed by atoms with Crippen LogP contribution in [-0.4, -0.2) is 41.6 Å². The molecule has 1 aliphatic rings. The standard InChI is InChI=1S/C9H20N2S/c1-9(2,7-10)12-8-4-5-11(3)6-8/h8H,4-7,10H2,1-3H3. The van der Waals surface area contributed by atoms with Crippen molar-refractivity contribution in [2.24, 2.45) is 5.73 Å². The van der Waals surface area contributed by atoms with Crippen molar-refractivity contribution < 1.29 is 0 Å².